The van der Waals surface area contributed by atoms with Gasteiger partial charge in [-0.25, -0.2) is 4.79 Å². The first kappa shape index (κ1) is 12.5. The molecule has 0 aromatic rings. The molecule has 0 saturated heterocycles. The van der Waals surface area contributed by atoms with Gasteiger partial charge in [0.05, 0.1) is 0 Å². The topological polar surface area (TPSA) is 54.4 Å². The second kappa shape index (κ2) is 5.65. The molecule has 0 aromatic carbocycles. The summed E-state index contributed by atoms with van der Waals surface area (Å²) in [5.74, 6) is -1.38. The Bertz CT molecular complexity index is 168. The molecule has 0 rings (SSSR count). The van der Waals surface area contributed by atoms with Crippen molar-refractivity contribution >= 4 is 11.8 Å². The zero-order chi connectivity index (χ0) is 8.15. The van der Waals surface area contributed by atoms with E-state index in [2.05, 4.69) is 0 Å². The van der Waals surface area contributed by atoms with Crippen molar-refractivity contribution in [3.05, 3.63) is 12.2 Å². The van der Waals surface area contributed by atoms with Crippen molar-refractivity contribution in [1.82, 2.24) is 0 Å². The molecule has 11 heavy (non-hydrogen) atoms. The minimum absolute atomic E-state index is 0. The average molecular weight is 158 g/mol. The summed E-state index contributed by atoms with van der Waals surface area (Å²) in [6.45, 7) is 3.43. The Labute approximate surface area is 66.7 Å². The molecule has 0 atom stereocenters. The highest BCUT2D eigenvalue weighted by atomic mass is 16.4. The van der Waals surface area contributed by atoms with Gasteiger partial charge in [0.15, 0.2) is 5.78 Å². The van der Waals surface area contributed by atoms with Gasteiger partial charge in [-0.3, -0.25) is 4.79 Å². The fourth-order valence-electron chi connectivity index (χ4n) is 0.346. The molecule has 0 radical (unpaired) electrons. The first-order chi connectivity index (χ1) is 4.54. The Hall–Kier alpha value is -1.12. The normalized spacial score (nSPS) is 9.73. The number of carbonyl (C=O) groups is 2. The zero-order valence-electron chi connectivity index (χ0n) is 6.00. The molecule has 0 heterocycles. The average Bonchev–Trinajstić information content (AvgIpc) is 1.82. The van der Waals surface area contributed by atoms with Gasteiger partial charge < -0.3 is 5.11 Å². The number of aliphatic carboxylic acids is 1. The van der Waals surface area contributed by atoms with Crippen molar-refractivity contribution in [3.8, 4) is 0 Å². The van der Waals surface area contributed by atoms with Crippen molar-refractivity contribution in [2.75, 3.05) is 0 Å². The number of carboxylic acids is 1. The Kier molecular flexibility index (Phi) is 6.44. The number of hydrogen-bond donors (Lipinski definition) is 1. The smallest absolute Gasteiger partial charge is 0.328 e. The van der Waals surface area contributed by atoms with Crippen LogP contribution in [0.5, 0.6) is 0 Å². The van der Waals surface area contributed by atoms with E-state index >= 15 is 0 Å². The van der Waals surface area contributed by atoms with Gasteiger partial charge in [0, 0.05) is 12.0 Å². The maximum absolute atomic E-state index is 10.7. The predicted molar refractivity (Wildman–Crippen MR) is 43.4 cm³/mol. The summed E-state index contributed by atoms with van der Waals surface area (Å²) in [5.41, 5.74) is 0. The van der Waals surface area contributed by atoms with Gasteiger partial charge in [-0.1, -0.05) is 21.3 Å². The van der Waals surface area contributed by atoms with Gasteiger partial charge in [0.25, 0.3) is 0 Å². The van der Waals surface area contributed by atoms with Crippen LogP contribution in [0, 0.1) is 5.92 Å². The number of carbonyl (C=O) groups excluding carboxylic acids is 1. The van der Waals surface area contributed by atoms with Gasteiger partial charge >= 0.3 is 5.97 Å². The van der Waals surface area contributed by atoms with E-state index in [9.17, 15) is 9.59 Å². The van der Waals surface area contributed by atoms with E-state index < -0.39 is 5.97 Å². The lowest BCUT2D eigenvalue weighted by Crippen LogP contribution is -2.03. The summed E-state index contributed by atoms with van der Waals surface area (Å²) >= 11 is 0. The molecule has 64 valence electrons. The summed E-state index contributed by atoms with van der Waals surface area (Å²) in [4.78, 5) is 20.6. The van der Waals surface area contributed by atoms with Crippen molar-refractivity contribution < 1.29 is 14.7 Å². The van der Waals surface area contributed by atoms with Crippen molar-refractivity contribution in [1.29, 1.82) is 0 Å². The SMILES string of the molecule is C.CC(C)C(=O)/C=C\C(=O)O. The van der Waals surface area contributed by atoms with Crippen LogP contribution in [-0.4, -0.2) is 16.9 Å². The standard InChI is InChI=1S/C7H10O3.CH4/c1-5(2)6(8)3-4-7(9)10;/h3-5H,1-2H3,(H,9,10);1H4/b4-3-;. The first-order valence-electron chi connectivity index (χ1n) is 2.99. The van der Waals surface area contributed by atoms with Crippen LogP contribution in [0.3, 0.4) is 0 Å². The van der Waals surface area contributed by atoms with Crippen LogP contribution in [0.2, 0.25) is 0 Å². The van der Waals surface area contributed by atoms with Gasteiger partial charge in [-0.2, -0.15) is 0 Å². The molecule has 0 aromatic heterocycles. The van der Waals surface area contributed by atoms with E-state index in [-0.39, 0.29) is 19.1 Å². The van der Waals surface area contributed by atoms with E-state index in [1.165, 1.54) is 0 Å². The number of allylic oxidation sites excluding steroid dienone is 1. The Morgan fingerprint density at radius 3 is 2.00 bits per heavy atom. The van der Waals surface area contributed by atoms with E-state index in [1.54, 1.807) is 13.8 Å². The largest absolute Gasteiger partial charge is 0.478 e. The van der Waals surface area contributed by atoms with Crippen LogP contribution < -0.4 is 0 Å². The van der Waals surface area contributed by atoms with Crippen LogP contribution in [0.1, 0.15) is 21.3 Å². The number of rotatable bonds is 3. The minimum Gasteiger partial charge on any atom is -0.478 e. The third-order valence-electron chi connectivity index (χ3n) is 0.959. The van der Waals surface area contributed by atoms with Gasteiger partial charge in [-0.15, -0.1) is 0 Å². The molecule has 3 heteroatoms. The van der Waals surface area contributed by atoms with Crippen LogP contribution in [0.25, 0.3) is 0 Å². The molecule has 0 aliphatic rings. The van der Waals surface area contributed by atoms with E-state index in [1.807, 2.05) is 0 Å². The second-order valence-corrected chi connectivity index (χ2v) is 2.23. The van der Waals surface area contributed by atoms with Crippen LogP contribution >= 0.6 is 0 Å². The summed E-state index contributed by atoms with van der Waals surface area (Å²) < 4.78 is 0. The van der Waals surface area contributed by atoms with Crippen LogP contribution in [0.4, 0.5) is 0 Å². The first-order valence-corrected chi connectivity index (χ1v) is 2.99. The Morgan fingerprint density at radius 2 is 1.73 bits per heavy atom. The summed E-state index contributed by atoms with van der Waals surface area (Å²) in [5, 5.41) is 8.11. The molecule has 0 amide bonds. The van der Waals surface area contributed by atoms with Crippen LogP contribution in [-0.2, 0) is 9.59 Å². The molecule has 0 unspecified atom stereocenters. The third-order valence-corrected chi connectivity index (χ3v) is 0.959. The number of hydrogen-bond acceptors (Lipinski definition) is 2. The number of ketones is 1. The lowest BCUT2D eigenvalue weighted by molar-refractivity contribution is -0.131. The van der Waals surface area contributed by atoms with E-state index in [4.69, 9.17) is 5.11 Å². The van der Waals surface area contributed by atoms with Crippen molar-refractivity contribution in [2.24, 2.45) is 5.92 Å². The molecule has 1 N–H and O–H groups in total. The molecule has 0 bridgehead atoms. The summed E-state index contributed by atoms with van der Waals surface area (Å²) in [6.07, 6.45) is 1.93. The molecule has 0 aliphatic heterocycles. The van der Waals surface area contributed by atoms with Gasteiger partial charge in [-0.05, 0) is 6.08 Å². The quantitative estimate of drug-likeness (QED) is 0.633. The number of carboxylic acid groups (broad SMARTS) is 1. The summed E-state index contributed by atoms with van der Waals surface area (Å²) in [7, 11) is 0. The van der Waals surface area contributed by atoms with Gasteiger partial charge in [0.1, 0.15) is 0 Å². The minimum atomic E-state index is -1.09. The predicted octanol–water partition coefficient (Wildman–Crippen LogP) is 1.49. The van der Waals surface area contributed by atoms with E-state index in [0.717, 1.165) is 12.2 Å². The highest BCUT2D eigenvalue weighted by Gasteiger charge is 2.01. The maximum atomic E-state index is 10.7. The second-order valence-electron chi connectivity index (χ2n) is 2.23. The third kappa shape index (κ3) is 6.77. The molecule has 0 spiro atoms. The Morgan fingerprint density at radius 1 is 1.27 bits per heavy atom. The molecular weight excluding hydrogens is 144 g/mol. The van der Waals surface area contributed by atoms with Crippen molar-refractivity contribution in [3.63, 3.8) is 0 Å². The molecular formula is C8H14O3. The lowest BCUT2D eigenvalue weighted by atomic mass is 10.1. The summed E-state index contributed by atoms with van der Waals surface area (Å²) in [6, 6.07) is 0. The Balaban J connectivity index is 0. The molecule has 0 aliphatic carbocycles. The van der Waals surface area contributed by atoms with Gasteiger partial charge in [0.2, 0.25) is 0 Å². The lowest BCUT2D eigenvalue weighted by Gasteiger charge is -1.94. The fraction of sp³-hybridized carbons (Fsp3) is 0.500. The highest BCUT2D eigenvalue weighted by Crippen LogP contribution is 1.94. The van der Waals surface area contributed by atoms with Crippen molar-refractivity contribution in [2.45, 2.75) is 21.3 Å². The molecule has 0 saturated carbocycles. The molecule has 3 nitrogen and oxygen atoms in total. The highest BCUT2D eigenvalue weighted by molar-refractivity contribution is 5.96. The zero-order valence-corrected chi connectivity index (χ0v) is 6.00. The molecule has 0 fully saturated rings. The van der Waals surface area contributed by atoms with E-state index in [0.29, 0.717) is 0 Å². The fourth-order valence-corrected chi connectivity index (χ4v) is 0.346. The monoisotopic (exact) mass is 158 g/mol. The van der Waals surface area contributed by atoms with Crippen LogP contribution in [0.15, 0.2) is 12.2 Å². The maximum Gasteiger partial charge on any atom is 0.328 e.